The first-order valence-corrected chi connectivity index (χ1v) is 7.40. The number of nitro benzene ring substituents is 1. The number of fused-ring (bicyclic) bond motifs is 2. The van der Waals surface area contributed by atoms with E-state index in [2.05, 4.69) is 4.90 Å². The lowest BCUT2D eigenvalue weighted by molar-refractivity contribution is -0.384. The lowest BCUT2D eigenvalue weighted by Gasteiger charge is -2.38. The van der Waals surface area contributed by atoms with Gasteiger partial charge in [-0.05, 0) is 44.2 Å². The van der Waals surface area contributed by atoms with E-state index in [0.717, 1.165) is 12.8 Å². The minimum Gasteiger partial charge on any atom is -0.393 e. The van der Waals surface area contributed by atoms with Crippen LogP contribution in [0.15, 0.2) is 18.2 Å². The summed E-state index contributed by atoms with van der Waals surface area (Å²) in [4.78, 5) is 13.1. The van der Waals surface area contributed by atoms with Crippen molar-refractivity contribution in [3.05, 3.63) is 33.9 Å². The Morgan fingerprint density at radius 3 is 2.48 bits per heavy atom. The topological polar surface area (TPSA) is 86.8 Å². The van der Waals surface area contributed by atoms with Crippen LogP contribution in [0, 0.1) is 10.1 Å². The molecule has 3 atom stereocenters. The molecular formula is C15H20N2O4. The summed E-state index contributed by atoms with van der Waals surface area (Å²) in [5.74, 6) is 0. The predicted octanol–water partition coefficient (Wildman–Crippen LogP) is 2.14. The van der Waals surface area contributed by atoms with Gasteiger partial charge in [-0.15, -0.1) is 0 Å². The molecule has 21 heavy (non-hydrogen) atoms. The molecule has 0 radical (unpaired) electrons. The minimum absolute atomic E-state index is 0.0432. The molecule has 0 spiro atoms. The van der Waals surface area contributed by atoms with Crippen LogP contribution in [-0.2, 0) is 0 Å². The van der Waals surface area contributed by atoms with Crippen molar-refractivity contribution in [3.8, 4) is 0 Å². The lowest BCUT2D eigenvalue weighted by atomic mass is 9.98. The maximum Gasteiger partial charge on any atom is 0.292 e. The molecule has 6 heteroatoms. The molecule has 0 aromatic heterocycles. The van der Waals surface area contributed by atoms with Crippen molar-refractivity contribution in [3.63, 3.8) is 0 Å². The van der Waals surface area contributed by atoms with Gasteiger partial charge < -0.3 is 15.1 Å². The van der Waals surface area contributed by atoms with Crippen LogP contribution in [0.25, 0.3) is 0 Å². The van der Waals surface area contributed by atoms with Crippen LogP contribution in [0.2, 0.25) is 0 Å². The number of hydrogen-bond acceptors (Lipinski definition) is 5. The number of rotatable bonds is 3. The molecule has 2 unspecified atom stereocenters. The third kappa shape index (κ3) is 2.49. The first-order chi connectivity index (χ1) is 9.97. The zero-order chi connectivity index (χ0) is 15.1. The highest BCUT2D eigenvalue weighted by molar-refractivity contribution is 5.66. The second-order valence-corrected chi connectivity index (χ2v) is 6.10. The second kappa shape index (κ2) is 5.27. The predicted molar refractivity (Wildman–Crippen MR) is 78.3 cm³/mol. The summed E-state index contributed by atoms with van der Waals surface area (Å²) < 4.78 is 0. The van der Waals surface area contributed by atoms with Gasteiger partial charge in [-0.2, -0.15) is 0 Å². The van der Waals surface area contributed by atoms with Crippen molar-refractivity contribution in [2.24, 2.45) is 0 Å². The van der Waals surface area contributed by atoms with Crippen molar-refractivity contribution in [1.29, 1.82) is 0 Å². The quantitative estimate of drug-likeness (QED) is 0.658. The molecule has 2 fully saturated rings. The molecule has 0 aliphatic carbocycles. The van der Waals surface area contributed by atoms with E-state index in [0.29, 0.717) is 24.1 Å². The van der Waals surface area contributed by atoms with E-state index in [4.69, 9.17) is 0 Å². The summed E-state index contributed by atoms with van der Waals surface area (Å²) >= 11 is 0. The van der Waals surface area contributed by atoms with Gasteiger partial charge in [-0.3, -0.25) is 10.1 Å². The van der Waals surface area contributed by atoms with Gasteiger partial charge in [0.15, 0.2) is 0 Å². The molecule has 1 aromatic rings. The van der Waals surface area contributed by atoms with E-state index in [1.165, 1.54) is 6.07 Å². The third-order valence-electron chi connectivity index (χ3n) is 4.66. The van der Waals surface area contributed by atoms with Crippen molar-refractivity contribution >= 4 is 11.4 Å². The standard InChI is InChI=1S/C15H20N2O4/c1-9(18)10-2-5-14(15(6-10)17(20)21)16-11-3-4-12(16)8-13(19)7-11/h2,5-6,9,11-13,18-19H,3-4,7-8H2,1H3/t9-,11?,12?,13?/m1/s1. The average molecular weight is 292 g/mol. The fourth-order valence-electron chi connectivity index (χ4n) is 3.71. The van der Waals surface area contributed by atoms with Crippen molar-refractivity contribution in [2.45, 2.75) is 56.9 Å². The zero-order valence-electron chi connectivity index (χ0n) is 12.0. The molecule has 2 heterocycles. The number of aliphatic hydroxyl groups excluding tert-OH is 2. The fourth-order valence-corrected chi connectivity index (χ4v) is 3.71. The number of anilines is 1. The van der Waals surface area contributed by atoms with Gasteiger partial charge in [-0.1, -0.05) is 6.07 Å². The first kappa shape index (κ1) is 14.3. The molecule has 2 aliphatic heterocycles. The Hall–Kier alpha value is -1.66. The largest absolute Gasteiger partial charge is 0.393 e. The van der Waals surface area contributed by atoms with Crippen LogP contribution < -0.4 is 4.90 Å². The van der Waals surface area contributed by atoms with Crippen molar-refractivity contribution in [1.82, 2.24) is 0 Å². The van der Waals surface area contributed by atoms with Gasteiger partial charge in [0.1, 0.15) is 5.69 Å². The number of piperidine rings is 1. The van der Waals surface area contributed by atoms with Gasteiger partial charge in [0.25, 0.3) is 5.69 Å². The summed E-state index contributed by atoms with van der Waals surface area (Å²) in [6, 6.07) is 5.30. The van der Waals surface area contributed by atoms with Crippen LogP contribution in [0.3, 0.4) is 0 Å². The number of benzene rings is 1. The lowest BCUT2D eigenvalue weighted by Crippen LogP contribution is -2.45. The number of nitro groups is 1. The molecule has 2 aliphatic rings. The normalized spacial score (nSPS) is 29.5. The van der Waals surface area contributed by atoms with E-state index >= 15 is 0 Å². The summed E-state index contributed by atoms with van der Waals surface area (Å²) in [5.41, 5.74) is 1.21. The Balaban J connectivity index is 2.00. The summed E-state index contributed by atoms with van der Waals surface area (Å²) in [6.45, 7) is 1.60. The van der Waals surface area contributed by atoms with Gasteiger partial charge in [0.05, 0.1) is 17.1 Å². The molecule has 114 valence electrons. The second-order valence-electron chi connectivity index (χ2n) is 6.10. The highest BCUT2D eigenvalue weighted by Gasteiger charge is 2.42. The Morgan fingerprint density at radius 1 is 1.33 bits per heavy atom. The van der Waals surface area contributed by atoms with Crippen molar-refractivity contribution < 1.29 is 15.1 Å². The number of nitrogens with zero attached hydrogens (tertiary/aromatic N) is 2. The summed E-state index contributed by atoms with van der Waals surface area (Å²) in [6.07, 6.45) is 2.26. The molecule has 2 bridgehead atoms. The SMILES string of the molecule is C[C@@H](O)c1ccc(N2C3CCC2CC(O)C3)c([N+](=O)[O-])c1. The molecule has 3 rings (SSSR count). The van der Waals surface area contributed by atoms with Crippen LogP contribution in [0.4, 0.5) is 11.4 Å². The molecule has 1 aromatic carbocycles. The van der Waals surface area contributed by atoms with Gasteiger partial charge in [-0.25, -0.2) is 0 Å². The van der Waals surface area contributed by atoms with Crippen LogP contribution in [-0.4, -0.2) is 33.3 Å². The summed E-state index contributed by atoms with van der Waals surface area (Å²) in [5, 5.41) is 30.9. The minimum atomic E-state index is -0.724. The highest BCUT2D eigenvalue weighted by Crippen LogP contribution is 2.43. The molecule has 0 saturated carbocycles. The van der Waals surface area contributed by atoms with Gasteiger partial charge in [0, 0.05) is 18.2 Å². The maximum atomic E-state index is 11.4. The molecule has 6 nitrogen and oxygen atoms in total. The number of hydrogen-bond donors (Lipinski definition) is 2. The third-order valence-corrected chi connectivity index (χ3v) is 4.66. The van der Waals surface area contributed by atoms with Crippen LogP contribution >= 0.6 is 0 Å². The van der Waals surface area contributed by atoms with Gasteiger partial charge in [0.2, 0.25) is 0 Å². The van der Waals surface area contributed by atoms with E-state index in [9.17, 15) is 20.3 Å². The van der Waals surface area contributed by atoms with Crippen LogP contribution in [0.5, 0.6) is 0 Å². The zero-order valence-corrected chi connectivity index (χ0v) is 12.0. The maximum absolute atomic E-state index is 11.4. The fraction of sp³-hybridized carbons (Fsp3) is 0.600. The summed E-state index contributed by atoms with van der Waals surface area (Å²) in [7, 11) is 0. The first-order valence-electron chi connectivity index (χ1n) is 7.40. The van der Waals surface area contributed by atoms with E-state index in [1.807, 2.05) is 0 Å². The van der Waals surface area contributed by atoms with E-state index in [1.54, 1.807) is 19.1 Å². The van der Waals surface area contributed by atoms with E-state index < -0.39 is 6.10 Å². The monoisotopic (exact) mass is 292 g/mol. The van der Waals surface area contributed by atoms with E-state index in [-0.39, 0.29) is 28.8 Å². The average Bonchev–Trinajstić information content (AvgIpc) is 2.69. The Kier molecular flexibility index (Phi) is 3.59. The number of aliphatic hydroxyl groups is 2. The Morgan fingerprint density at radius 2 is 1.95 bits per heavy atom. The van der Waals surface area contributed by atoms with Crippen molar-refractivity contribution in [2.75, 3.05) is 4.90 Å². The molecular weight excluding hydrogens is 272 g/mol. The Labute approximate surface area is 123 Å². The smallest absolute Gasteiger partial charge is 0.292 e. The molecule has 2 saturated heterocycles. The molecule has 0 amide bonds. The van der Waals surface area contributed by atoms with Gasteiger partial charge >= 0.3 is 0 Å². The molecule has 2 N–H and O–H groups in total. The van der Waals surface area contributed by atoms with Crippen LogP contribution in [0.1, 0.15) is 44.3 Å². The highest BCUT2D eigenvalue weighted by atomic mass is 16.6. The Bertz CT molecular complexity index is 547.